The van der Waals surface area contributed by atoms with Crippen molar-refractivity contribution >= 4 is 17.7 Å². The van der Waals surface area contributed by atoms with E-state index >= 15 is 0 Å². The van der Waals surface area contributed by atoms with Gasteiger partial charge in [0.05, 0.1) is 0 Å². The second-order valence-electron chi connectivity index (χ2n) is 10.2. The third-order valence-corrected chi connectivity index (χ3v) is 5.86. The zero-order chi connectivity index (χ0) is 20.4. The molecule has 0 amide bonds. The second kappa shape index (κ2) is 13.8. The molecule has 0 aliphatic heterocycles. The quantitative estimate of drug-likeness (QED) is 0.246. The molecule has 1 rings (SSSR count). The van der Waals surface area contributed by atoms with Crippen molar-refractivity contribution in [2.75, 3.05) is 0 Å². The van der Waals surface area contributed by atoms with E-state index in [4.69, 9.17) is 17.2 Å². The molecule has 0 unspecified atom stereocenters. The Bertz CT molecular complexity index is 342. The van der Waals surface area contributed by atoms with Gasteiger partial charge in [0.1, 0.15) is 0 Å². The van der Waals surface area contributed by atoms with Crippen LogP contribution in [-0.4, -0.2) is 29.9 Å². The van der Waals surface area contributed by atoms with Crippen LogP contribution in [0.3, 0.4) is 0 Å². The van der Waals surface area contributed by atoms with Gasteiger partial charge in [0, 0.05) is 0 Å². The van der Waals surface area contributed by atoms with Gasteiger partial charge in [-0.1, -0.05) is 62.3 Å². The first-order valence-corrected chi connectivity index (χ1v) is 15.9. The third-order valence-electron chi connectivity index (χ3n) is 1.53. The summed E-state index contributed by atoms with van der Waals surface area (Å²) < 4.78 is 1.61. The molecule has 0 aliphatic rings. The molecule has 5 heteroatoms. The summed E-state index contributed by atoms with van der Waals surface area (Å²) >= 11 is -1.44. The van der Waals surface area contributed by atoms with Crippen molar-refractivity contribution in [3.8, 4) is 0 Å². The fraction of sp³-hybridized carbons (Fsp3) is 0.750. The van der Waals surface area contributed by atoms with Gasteiger partial charge in [-0.05, 0) is 0 Å². The molecule has 146 valence electrons. The van der Waals surface area contributed by atoms with E-state index < -0.39 is 13.3 Å². The van der Waals surface area contributed by atoms with Gasteiger partial charge in [-0.15, -0.1) is 16.6 Å². The summed E-state index contributed by atoms with van der Waals surface area (Å²) in [6.45, 7) is 16.7. The van der Waals surface area contributed by atoms with Crippen molar-refractivity contribution in [2.45, 2.75) is 96.2 Å². The summed E-state index contributed by atoms with van der Waals surface area (Å²) in [6, 6.07) is 8.76. The van der Waals surface area contributed by atoms with E-state index in [1.165, 1.54) is 0 Å². The molecular weight excluding hydrogens is 533 g/mol. The van der Waals surface area contributed by atoms with Gasteiger partial charge in [0.25, 0.3) is 0 Å². The SMILES string of the molecule is CC(C)(C)[NH-].CC(C)(C)[NH-].CC(C)(C)[NH-].[CH3][Ge]([CH3])([CH3])[c-]1cccc1.[Hf+4]. The molecule has 0 radical (unpaired) electrons. The van der Waals surface area contributed by atoms with Crippen molar-refractivity contribution in [1.82, 2.24) is 0 Å². The Labute approximate surface area is 180 Å². The molecule has 25 heavy (non-hydrogen) atoms. The Morgan fingerprint density at radius 1 is 0.600 bits per heavy atom. The Kier molecular flexibility index (Phi) is 18.3. The summed E-state index contributed by atoms with van der Waals surface area (Å²) in [4.78, 5) is 0. The van der Waals surface area contributed by atoms with E-state index in [0.717, 1.165) is 0 Å². The first-order valence-electron chi connectivity index (χ1n) is 8.58. The summed E-state index contributed by atoms with van der Waals surface area (Å²) in [6.07, 6.45) is 0. The molecule has 0 spiro atoms. The zero-order valence-electron chi connectivity index (χ0n) is 18.8. The van der Waals surface area contributed by atoms with Gasteiger partial charge in [-0.2, -0.15) is 0 Å². The maximum Gasteiger partial charge on any atom is 4.00 e. The van der Waals surface area contributed by atoms with Crippen LogP contribution in [0.1, 0.15) is 62.3 Å². The second-order valence-corrected chi connectivity index (χ2v) is 20.8. The van der Waals surface area contributed by atoms with Gasteiger partial charge in [-0.25, -0.2) is 0 Å². The van der Waals surface area contributed by atoms with E-state index in [-0.39, 0.29) is 42.5 Å². The van der Waals surface area contributed by atoms with Crippen molar-refractivity contribution in [2.24, 2.45) is 0 Å². The molecular formula is C20H43GeHfN3. The van der Waals surface area contributed by atoms with Gasteiger partial charge >= 0.3 is 85.0 Å². The molecule has 0 bridgehead atoms. The first kappa shape index (κ1) is 33.2. The van der Waals surface area contributed by atoms with Gasteiger partial charge in [-0.3, -0.25) is 0 Å². The standard InChI is InChI=1S/C8H13Ge.3C4H10N.Hf/c1-9(2,3)8-6-4-5-7-8;3*1-4(2,3)5;/h4-7H,1-3H3;3*5H,1-3H3;/q4*-1;+4. The number of rotatable bonds is 1. The van der Waals surface area contributed by atoms with Gasteiger partial charge < -0.3 is 17.2 Å². The minimum absolute atomic E-state index is 0. The van der Waals surface area contributed by atoms with Gasteiger partial charge in [0.15, 0.2) is 0 Å². The fourth-order valence-electron chi connectivity index (χ4n) is 0.874. The van der Waals surface area contributed by atoms with Crippen molar-refractivity contribution in [3.05, 3.63) is 41.5 Å². The molecule has 1 aromatic rings. The molecule has 0 aromatic heterocycles. The maximum atomic E-state index is 6.94. The van der Waals surface area contributed by atoms with Gasteiger partial charge in [0.2, 0.25) is 0 Å². The Hall–Kier alpha value is 0.643. The number of hydrogen-bond acceptors (Lipinski definition) is 0. The molecule has 0 heterocycles. The largest absolute Gasteiger partial charge is 4.00 e. The van der Waals surface area contributed by atoms with Crippen LogP contribution in [0.4, 0.5) is 0 Å². The zero-order valence-corrected chi connectivity index (χ0v) is 24.5. The number of hydrogen-bond donors (Lipinski definition) is 0. The van der Waals surface area contributed by atoms with Crippen LogP contribution in [0.15, 0.2) is 24.3 Å². The van der Waals surface area contributed by atoms with Crippen molar-refractivity contribution < 1.29 is 25.8 Å². The summed E-state index contributed by atoms with van der Waals surface area (Å²) in [5, 5.41) is 0. The first-order chi connectivity index (χ1) is 10.1. The minimum Gasteiger partial charge on any atom is 4.00 e. The normalized spacial score (nSPS) is 11.5. The predicted octanol–water partition coefficient (Wildman–Crippen LogP) is 7.46. The molecule has 0 saturated carbocycles. The van der Waals surface area contributed by atoms with Crippen LogP contribution in [0.5, 0.6) is 0 Å². The summed E-state index contributed by atoms with van der Waals surface area (Å²) in [5.41, 5.74) is 20.1. The van der Waals surface area contributed by atoms with Crippen LogP contribution in [-0.2, 0) is 25.8 Å². The Balaban J connectivity index is -0.000000122. The fourth-order valence-corrected chi connectivity index (χ4v) is 3.38. The average molecular weight is 577 g/mol. The Morgan fingerprint density at radius 3 is 0.840 bits per heavy atom. The van der Waals surface area contributed by atoms with Crippen molar-refractivity contribution in [1.29, 1.82) is 0 Å². The smallest absolute Gasteiger partial charge is 4.00 e. The molecule has 0 aliphatic carbocycles. The summed E-state index contributed by atoms with van der Waals surface area (Å²) in [5.74, 6) is 7.24. The molecule has 3 N–H and O–H groups in total. The molecule has 1 aromatic carbocycles. The minimum atomic E-state index is -1.44. The topological polar surface area (TPSA) is 71.4 Å². The van der Waals surface area contributed by atoms with Crippen LogP contribution >= 0.6 is 0 Å². The third kappa shape index (κ3) is 67.9. The number of nitrogens with one attached hydrogen (secondary N) is 3. The van der Waals surface area contributed by atoms with E-state index in [1.807, 2.05) is 62.3 Å². The maximum absolute atomic E-state index is 6.94. The molecule has 3 nitrogen and oxygen atoms in total. The van der Waals surface area contributed by atoms with E-state index in [0.29, 0.717) is 0 Å². The molecule has 0 fully saturated rings. The monoisotopic (exact) mass is 579 g/mol. The van der Waals surface area contributed by atoms with E-state index in [2.05, 4.69) is 41.5 Å². The Morgan fingerprint density at radius 2 is 0.760 bits per heavy atom. The molecule has 0 saturated heterocycles. The van der Waals surface area contributed by atoms with E-state index in [9.17, 15) is 0 Å². The van der Waals surface area contributed by atoms with E-state index in [1.54, 1.807) is 4.40 Å². The van der Waals surface area contributed by atoms with Crippen LogP contribution in [0.2, 0.25) is 17.3 Å². The predicted molar refractivity (Wildman–Crippen MR) is 117 cm³/mol. The van der Waals surface area contributed by atoms with Crippen LogP contribution in [0.25, 0.3) is 17.2 Å². The summed E-state index contributed by atoms with van der Waals surface area (Å²) in [7, 11) is 0. The molecule has 0 atom stereocenters. The van der Waals surface area contributed by atoms with Crippen molar-refractivity contribution in [3.63, 3.8) is 0 Å². The van der Waals surface area contributed by atoms with Crippen LogP contribution < -0.4 is 4.40 Å². The average Bonchev–Trinajstić information content (AvgIpc) is 2.58. The van der Waals surface area contributed by atoms with Crippen LogP contribution in [0, 0.1) is 0 Å².